The fraction of sp³-hybridized carbons (Fsp3) is 0.417. The van der Waals surface area contributed by atoms with E-state index in [4.69, 9.17) is 9.84 Å². The zero-order chi connectivity index (χ0) is 13.3. The van der Waals surface area contributed by atoms with E-state index in [2.05, 4.69) is 0 Å². The summed E-state index contributed by atoms with van der Waals surface area (Å²) in [4.78, 5) is 13.2. The lowest BCUT2D eigenvalue weighted by atomic mass is 10.1. The summed E-state index contributed by atoms with van der Waals surface area (Å²) in [6.07, 6.45) is -1.29. The van der Waals surface area contributed by atoms with Gasteiger partial charge in [0, 0.05) is 19.2 Å². The number of hydrogen-bond acceptors (Lipinski definition) is 3. The van der Waals surface area contributed by atoms with Gasteiger partial charge in [-0.15, -0.1) is 0 Å². The zero-order valence-electron chi connectivity index (χ0n) is 9.77. The summed E-state index contributed by atoms with van der Waals surface area (Å²) in [5.41, 5.74) is 0. The Hall–Kier alpha value is -1.69. The van der Waals surface area contributed by atoms with E-state index in [-0.39, 0.29) is 24.7 Å². The van der Waals surface area contributed by atoms with Crippen LogP contribution in [0.5, 0.6) is 5.75 Å². The minimum atomic E-state index is -1.02. The number of amides is 1. The van der Waals surface area contributed by atoms with Crippen LogP contribution < -0.4 is 4.74 Å². The van der Waals surface area contributed by atoms with Crippen molar-refractivity contribution in [1.29, 1.82) is 0 Å². The van der Waals surface area contributed by atoms with Crippen LogP contribution >= 0.6 is 0 Å². The molecular formula is C12H13F2NO3. The van der Waals surface area contributed by atoms with Gasteiger partial charge in [0.05, 0.1) is 6.10 Å². The largest absolute Gasteiger partial charge is 0.481 e. The van der Waals surface area contributed by atoms with Crippen molar-refractivity contribution >= 4 is 5.91 Å². The molecule has 0 saturated carbocycles. The Morgan fingerprint density at radius 3 is 2.67 bits per heavy atom. The lowest BCUT2D eigenvalue weighted by molar-refractivity contribution is -0.148. The number of nitrogens with zero attached hydrogens (tertiary/aromatic N) is 1. The third-order valence-electron chi connectivity index (χ3n) is 2.73. The van der Waals surface area contributed by atoms with Gasteiger partial charge in [0.1, 0.15) is 5.75 Å². The number of rotatable bonds is 3. The summed E-state index contributed by atoms with van der Waals surface area (Å²) >= 11 is 0. The number of ether oxygens (including phenoxy) is 1. The lowest BCUT2D eigenvalue weighted by Gasteiger charge is -2.37. The van der Waals surface area contributed by atoms with Crippen LogP contribution in [0.15, 0.2) is 18.2 Å². The molecule has 18 heavy (non-hydrogen) atoms. The summed E-state index contributed by atoms with van der Waals surface area (Å²) in [5.74, 6) is -2.18. The van der Waals surface area contributed by atoms with E-state index in [1.54, 1.807) is 0 Å². The van der Waals surface area contributed by atoms with Crippen molar-refractivity contribution in [1.82, 2.24) is 4.90 Å². The number of β-amino-alcohol motifs (C(OH)–C–C–N with tert-alkyl or cyclic N) is 1. The van der Waals surface area contributed by atoms with Crippen LogP contribution in [0, 0.1) is 11.6 Å². The number of halogens is 2. The summed E-state index contributed by atoms with van der Waals surface area (Å²) in [6.45, 7) is 2.09. The van der Waals surface area contributed by atoms with Crippen molar-refractivity contribution in [2.24, 2.45) is 0 Å². The van der Waals surface area contributed by atoms with Gasteiger partial charge < -0.3 is 14.7 Å². The van der Waals surface area contributed by atoms with E-state index >= 15 is 0 Å². The second-order valence-corrected chi connectivity index (χ2v) is 4.23. The number of aliphatic hydroxyl groups excluding tert-OH is 1. The molecule has 98 valence electrons. The fourth-order valence-corrected chi connectivity index (χ4v) is 1.70. The molecule has 1 unspecified atom stereocenters. The molecular weight excluding hydrogens is 244 g/mol. The summed E-state index contributed by atoms with van der Waals surface area (Å²) in [6, 6.07) is 3.09. The molecule has 1 aromatic carbocycles. The molecule has 1 saturated heterocycles. The first-order valence-corrected chi connectivity index (χ1v) is 5.56. The van der Waals surface area contributed by atoms with E-state index in [0.29, 0.717) is 0 Å². The highest BCUT2D eigenvalue weighted by Gasteiger charge is 2.32. The average Bonchev–Trinajstić information content (AvgIpc) is 2.29. The van der Waals surface area contributed by atoms with Crippen LogP contribution in [0.2, 0.25) is 0 Å². The average molecular weight is 257 g/mol. The highest BCUT2D eigenvalue weighted by Crippen LogP contribution is 2.18. The molecule has 2 rings (SSSR count). The number of likely N-dealkylation sites (tertiary alicyclic amines) is 1. The molecule has 0 aromatic heterocycles. The molecule has 0 bridgehead atoms. The standard InChI is InChI=1S/C12H13F2NO3/c1-7(12(17)15-5-8(16)6-15)18-9-2-3-10(13)11(14)4-9/h2-4,7-8,16H,5-6H2,1H3. The van der Waals surface area contributed by atoms with Gasteiger partial charge in [-0.2, -0.15) is 0 Å². The highest BCUT2D eigenvalue weighted by molar-refractivity contribution is 5.81. The Balaban J connectivity index is 1.96. The molecule has 0 spiro atoms. The van der Waals surface area contributed by atoms with Crippen molar-refractivity contribution in [2.45, 2.75) is 19.1 Å². The van der Waals surface area contributed by atoms with E-state index in [9.17, 15) is 13.6 Å². The maximum absolute atomic E-state index is 12.9. The van der Waals surface area contributed by atoms with E-state index in [1.807, 2.05) is 0 Å². The summed E-state index contributed by atoms with van der Waals surface area (Å²) in [7, 11) is 0. The Labute approximate surface area is 103 Å². The van der Waals surface area contributed by atoms with Crippen LogP contribution in [0.25, 0.3) is 0 Å². The van der Waals surface area contributed by atoms with Crippen molar-refractivity contribution in [3.8, 4) is 5.75 Å². The third kappa shape index (κ3) is 2.59. The summed E-state index contributed by atoms with van der Waals surface area (Å²) in [5, 5.41) is 9.08. The molecule has 1 aromatic rings. The third-order valence-corrected chi connectivity index (χ3v) is 2.73. The predicted octanol–water partition coefficient (Wildman–Crippen LogP) is 0.935. The first-order valence-electron chi connectivity index (χ1n) is 5.56. The normalized spacial score (nSPS) is 17.2. The second kappa shape index (κ2) is 4.89. The first kappa shape index (κ1) is 12.8. The first-order chi connectivity index (χ1) is 8.47. The van der Waals surface area contributed by atoms with Crippen LogP contribution in [0.3, 0.4) is 0 Å². The number of carbonyl (C=O) groups is 1. The van der Waals surface area contributed by atoms with Gasteiger partial charge in [-0.1, -0.05) is 0 Å². The van der Waals surface area contributed by atoms with Crippen LogP contribution in [0.1, 0.15) is 6.92 Å². The topological polar surface area (TPSA) is 49.8 Å². The number of benzene rings is 1. The monoisotopic (exact) mass is 257 g/mol. The van der Waals surface area contributed by atoms with Gasteiger partial charge in [-0.3, -0.25) is 4.79 Å². The Kier molecular flexibility index (Phi) is 3.47. The van der Waals surface area contributed by atoms with Gasteiger partial charge in [-0.05, 0) is 19.1 Å². The van der Waals surface area contributed by atoms with Gasteiger partial charge in [0.2, 0.25) is 0 Å². The number of aliphatic hydroxyl groups is 1. The maximum Gasteiger partial charge on any atom is 0.263 e. The van der Waals surface area contributed by atoms with E-state index < -0.39 is 23.8 Å². The predicted molar refractivity (Wildman–Crippen MR) is 59.0 cm³/mol. The Morgan fingerprint density at radius 2 is 2.11 bits per heavy atom. The molecule has 1 N–H and O–H groups in total. The minimum Gasteiger partial charge on any atom is -0.481 e. The van der Waals surface area contributed by atoms with Gasteiger partial charge in [0.25, 0.3) is 5.91 Å². The van der Waals surface area contributed by atoms with Crippen LogP contribution in [-0.2, 0) is 4.79 Å². The Bertz CT molecular complexity index is 461. The summed E-state index contributed by atoms with van der Waals surface area (Å²) < 4.78 is 30.9. The molecule has 1 aliphatic rings. The smallest absolute Gasteiger partial charge is 0.263 e. The molecule has 1 heterocycles. The molecule has 6 heteroatoms. The number of carbonyl (C=O) groups excluding carboxylic acids is 1. The van der Waals surface area contributed by atoms with Crippen LogP contribution in [-0.4, -0.2) is 41.2 Å². The van der Waals surface area contributed by atoms with Gasteiger partial charge >= 0.3 is 0 Å². The quantitative estimate of drug-likeness (QED) is 0.876. The number of hydrogen-bond donors (Lipinski definition) is 1. The van der Waals surface area contributed by atoms with E-state index in [1.165, 1.54) is 17.9 Å². The molecule has 1 amide bonds. The second-order valence-electron chi connectivity index (χ2n) is 4.23. The molecule has 0 aliphatic carbocycles. The van der Waals surface area contributed by atoms with Gasteiger partial charge in [0.15, 0.2) is 17.7 Å². The Morgan fingerprint density at radius 1 is 1.44 bits per heavy atom. The van der Waals surface area contributed by atoms with Crippen molar-refractivity contribution in [3.05, 3.63) is 29.8 Å². The van der Waals surface area contributed by atoms with Crippen molar-refractivity contribution in [3.63, 3.8) is 0 Å². The zero-order valence-corrected chi connectivity index (χ0v) is 9.77. The molecule has 1 atom stereocenters. The molecule has 4 nitrogen and oxygen atoms in total. The van der Waals surface area contributed by atoms with E-state index in [0.717, 1.165) is 12.1 Å². The fourth-order valence-electron chi connectivity index (χ4n) is 1.70. The lowest BCUT2D eigenvalue weighted by Crippen LogP contribution is -2.56. The van der Waals surface area contributed by atoms with Crippen molar-refractivity contribution in [2.75, 3.05) is 13.1 Å². The molecule has 0 radical (unpaired) electrons. The highest BCUT2D eigenvalue weighted by atomic mass is 19.2. The van der Waals surface area contributed by atoms with Crippen LogP contribution in [0.4, 0.5) is 8.78 Å². The minimum absolute atomic E-state index is 0.0934. The van der Waals surface area contributed by atoms with Gasteiger partial charge in [-0.25, -0.2) is 8.78 Å². The molecule has 1 fully saturated rings. The van der Waals surface area contributed by atoms with Crippen molar-refractivity contribution < 1.29 is 23.4 Å². The maximum atomic E-state index is 12.9. The molecule has 1 aliphatic heterocycles. The SMILES string of the molecule is CC(Oc1ccc(F)c(F)c1)C(=O)N1CC(O)C1.